The highest BCUT2D eigenvalue weighted by Gasteiger charge is 2.20. The average molecular weight is 469 g/mol. The van der Waals surface area contributed by atoms with Gasteiger partial charge in [-0.2, -0.15) is 0 Å². The summed E-state index contributed by atoms with van der Waals surface area (Å²) >= 11 is 0. The van der Waals surface area contributed by atoms with Crippen LogP contribution in [0.4, 0.5) is 11.4 Å². The van der Waals surface area contributed by atoms with Crippen LogP contribution in [-0.4, -0.2) is 26.0 Å². The predicted octanol–water partition coefficient (Wildman–Crippen LogP) is 3.36. The van der Waals surface area contributed by atoms with E-state index in [1.54, 1.807) is 12.1 Å². The Balaban J connectivity index is 1.41. The van der Waals surface area contributed by atoms with Crippen LogP contribution >= 0.6 is 0 Å². The van der Waals surface area contributed by atoms with Crippen molar-refractivity contribution in [1.29, 1.82) is 0 Å². The molecule has 3 aromatic carbocycles. The molecule has 1 amide bonds. The van der Waals surface area contributed by atoms with E-state index in [9.17, 15) is 23.3 Å². The van der Waals surface area contributed by atoms with E-state index in [1.807, 2.05) is 6.07 Å². The molecule has 0 bridgehead atoms. The zero-order valence-electron chi connectivity index (χ0n) is 17.4. The first-order valence-corrected chi connectivity index (χ1v) is 11.3. The van der Waals surface area contributed by atoms with Crippen molar-refractivity contribution >= 4 is 27.3 Å². The van der Waals surface area contributed by atoms with E-state index in [0.29, 0.717) is 22.6 Å². The third-order valence-electron chi connectivity index (χ3n) is 4.98. The zero-order chi connectivity index (χ0) is 23.6. The lowest BCUT2D eigenvalue weighted by molar-refractivity contribution is -0.385. The number of amides is 1. The van der Waals surface area contributed by atoms with Crippen molar-refractivity contribution in [3.63, 3.8) is 0 Å². The highest BCUT2D eigenvalue weighted by Crippen LogP contribution is 2.32. The van der Waals surface area contributed by atoms with Gasteiger partial charge in [-0.3, -0.25) is 19.6 Å². The summed E-state index contributed by atoms with van der Waals surface area (Å²) in [6, 6.07) is 14.9. The van der Waals surface area contributed by atoms with Crippen molar-refractivity contribution in [3.8, 4) is 11.5 Å². The molecule has 4 rings (SSSR count). The van der Waals surface area contributed by atoms with Crippen LogP contribution in [0.3, 0.4) is 0 Å². The fourth-order valence-corrected chi connectivity index (χ4v) is 4.27. The van der Waals surface area contributed by atoms with Crippen molar-refractivity contribution < 1.29 is 27.6 Å². The molecule has 33 heavy (non-hydrogen) atoms. The predicted molar refractivity (Wildman–Crippen MR) is 119 cm³/mol. The zero-order valence-corrected chi connectivity index (χ0v) is 18.2. The second kappa shape index (κ2) is 8.79. The number of ether oxygens (including phenoxy) is 2. The van der Waals surface area contributed by atoms with Gasteiger partial charge in [-0.05, 0) is 55.0 Å². The third kappa shape index (κ3) is 4.88. The molecular weight excluding hydrogens is 450 g/mol. The first-order valence-electron chi connectivity index (χ1n) is 9.77. The number of carbonyl (C=O) groups is 1. The van der Waals surface area contributed by atoms with Gasteiger partial charge in [0.2, 0.25) is 6.79 Å². The van der Waals surface area contributed by atoms with E-state index in [0.717, 1.165) is 11.6 Å². The van der Waals surface area contributed by atoms with E-state index in [2.05, 4.69) is 10.0 Å². The lowest BCUT2D eigenvalue weighted by Gasteiger charge is -2.10. The summed E-state index contributed by atoms with van der Waals surface area (Å²) in [7, 11) is -4.05. The maximum Gasteiger partial charge on any atom is 0.273 e. The van der Waals surface area contributed by atoms with Crippen molar-refractivity contribution in [2.75, 3.05) is 11.5 Å². The summed E-state index contributed by atoms with van der Waals surface area (Å²) < 4.78 is 38.2. The van der Waals surface area contributed by atoms with Crippen LogP contribution in [-0.2, 0) is 16.6 Å². The number of rotatable bonds is 7. The third-order valence-corrected chi connectivity index (χ3v) is 6.36. The fourth-order valence-electron chi connectivity index (χ4n) is 3.19. The fraction of sp³-hybridized carbons (Fsp3) is 0.136. The molecule has 0 radical (unpaired) electrons. The summed E-state index contributed by atoms with van der Waals surface area (Å²) in [6.45, 7) is 1.97. The molecule has 0 aliphatic carbocycles. The molecule has 0 aromatic heterocycles. The number of benzene rings is 3. The molecular formula is C22H19N3O7S. The number of hydrogen-bond donors (Lipinski definition) is 2. The van der Waals surface area contributed by atoms with Crippen molar-refractivity contribution in [3.05, 3.63) is 87.5 Å². The molecule has 0 atom stereocenters. The monoisotopic (exact) mass is 469 g/mol. The molecule has 0 saturated carbocycles. The molecule has 10 nitrogen and oxygen atoms in total. The lowest BCUT2D eigenvalue weighted by Crippen LogP contribution is -2.22. The van der Waals surface area contributed by atoms with E-state index in [4.69, 9.17) is 9.47 Å². The summed E-state index contributed by atoms with van der Waals surface area (Å²) in [4.78, 5) is 22.7. The number of nitro groups is 1. The first-order chi connectivity index (χ1) is 15.7. The Morgan fingerprint density at radius 2 is 1.76 bits per heavy atom. The summed E-state index contributed by atoms with van der Waals surface area (Å²) in [6.07, 6.45) is 0. The molecule has 1 aliphatic rings. The van der Waals surface area contributed by atoms with Crippen LogP contribution in [0.2, 0.25) is 0 Å². The number of fused-ring (bicyclic) bond motifs is 1. The van der Waals surface area contributed by atoms with Crippen LogP contribution in [0.25, 0.3) is 0 Å². The van der Waals surface area contributed by atoms with Gasteiger partial charge in [0.25, 0.3) is 21.6 Å². The second-order valence-corrected chi connectivity index (χ2v) is 8.94. The molecule has 1 heterocycles. The van der Waals surface area contributed by atoms with Gasteiger partial charge in [0, 0.05) is 29.4 Å². The Bertz CT molecular complexity index is 1340. The second-order valence-electron chi connectivity index (χ2n) is 7.26. The minimum absolute atomic E-state index is 0.169. The number of nitrogens with zero attached hydrogens (tertiary/aromatic N) is 1. The van der Waals surface area contributed by atoms with Crippen LogP contribution in [0, 0.1) is 17.0 Å². The minimum atomic E-state index is -4.05. The van der Waals surface area contributed by atoms with Gasteiger partial charge < -0.3 is 14.8 Å². The normalized spacial score (nSPS) is 12.3. The minimum Gasteiger partial charge on any atom is -0.454 e. The number of carbonyl (C=O) groups excluding carboxylic acids is 1. The highest BCUT2D eigenvalue weighted by atomic mass is 32.2. The number of nitro benzene ring substituents is 1. The van der Waals surface area contributed by atoms with Crippen LogP contribution in [0.5, 0.6) is 11.5 Å². The van der Waals surface area contributed by atoms with E-state index < -0.39 is 14.9 Å². The van der Waals surface area contributed by atoms with Gasteiger partial charge in [0.15, 0.2) is 11.5 Å². The van der Waals surface area contributed by atoms with Crippen LogP contribution < -0.4 is 19.5 Å². The topological polar surface area (TPSA) is 137 Å². The number of hydrogen-bond acceptors (Lipinski definition) is 7. The quantitative estimate of drug-likeness (QED) is 0.400. The van der Waals surface area contributed by atoms with Crippen molar-refractivity contribution in [2.45, 2.75) is 18.4 Å². The molecule has 3 aromatic rings. The van der Waals surface area contributed by atoms with Gasteiger partial charge in [0.1, 0.15) is 0 Å². The largest absolute Gasteiger partial charge is 0.454 e. The van der Waals surface area contributed by atoms with Gasteiger partial charge in [-0.15, -0.1) is 0 Å². The Kier molecular flexibility index (Phi) is 5.88. The highest BCUT2D eigenvalue weighted by molar-refractivity contribution is 7.92. The number of aryl methyl sites for hydroxylation is 1. The van der Waals surface area contributed by atoms with Crippen molar-refractivity contribution in [2.24, 2.45) is 0 Å². The number of nitrogens with one attached hydrogen (secondary N) is 2. The van der Waals surface area contributed by atoms with Crippen molar-refractivity contribution in [1.82, 2.24) is 5.32 Å². The van der Waals surface area contributed by atoms with Gasteiger partial charge in [-0.1, -0.05) is 12.1 Å². The summed E-state index contributed by atoms with van der Waals surface area (Å²) in [5.74, 6) is 0.942. The van der Waals surface area contributed by atoms with Crippen LogP contribution in [0.1, 0.15) is 21.5 Å². The van der Waals surface area contributed by atoms with Crippen LogP contribution in [0.15, 0.2) is 65.6 Å². The van der Waals surface area contributed by atoms with Gasteiger partial charge in [0.05, 0.1) is 9.82 Å². The molecule has 0 saturated heterocycles. The Morgan fingerprint density at radius 3 is 2.48 bits per heavy atom. The molecule has 170 valence electrons. The maximum atomic E-state index is 12.6. The van der Waals surface area contributed by atoms with E-state index in [1.165, 1.54) is 43.3 Å². The Labute approximate surface area is 189 Å². The lowest BCUT2D eigenvalue weighted by atomic mass is 10.1. The van der Waals surface area contributed by atoms with Gasteiger partial charge >= 0.3 is 0 Å². The van der Waals surface area contributed by atoms with Gasteiger partial charge in [-0.25, -0.2) is 8.42 Å². The SMILES string of the molecule is Cc1ccc(S(=O)(=O)Nc2ccc(C(=O)NCc3ccc4c(c3)OCO4)cc2)cc1[N+](=O)[O-]. The van der Waals surface area contributed by atoms with E-state index in [-0.39, 0.29) is 35.5 Å². The summed E-state index contributed by atoms with van der Waals surface area (Å²) in [5.41, 5.74) is 1.46. The first kappa shape index (κ1) is 22.1. The van der Waals surface area contributed by atoms with E-state index >= 15 is 0 Å². The molecule has 0 unspecified atom stereocenters. The molecule has 11 heteroatoms. The number of sulfonamides is 1. The number of anilines is 1. The maximum absolute atomic E-state index is 12.6. The average Bonchev–Trinajstić information content (AvgIpc) is 3.25. The molecule has 1 aliphatic heterocycles. The summed E-state index contributed by atoms with van der Waals surface area (Å²) in [5, 5.41) is 13.9. The molecule has 2 N–H and O–H groups in total. The standard InChI is InChI=1S/C22H19N3O7S/c1-14-2-8-18(11-19(14)25(27)28)33(29,30)24-17-6-4-16(5-7-17)22(26)23-12-15-3-9-20-21(10-15)32-13-31-20/h2-11,24H,12-13H2,1H3,(H,23,26). The smallest absolute Gasteiger partial charge is 0.273 e. The Hall–Kier alpha value is -4.12. The molecule has 0 fully saturated rings. The molecule has 0 spiro atoms. The Morgan fingerprint density at radius 1 is 1.03 bits per heavy atom.